The summed E-state index contributed by atoms with van der Waals surface area (Å²) in [7, 11) is 3.28. The normalized spacial score (nSPS) is 12.6. The lowest BCUT2D eigenvalue weighted by Crippen LogP contribution is -2.17. The van der Waals surface area contributed by atoms with Crippen molar-refractivity contribution >= 4 is 0 Å². The topological polar surface area (TPSA) is 61.7 Å². The molecule has 0 spiro atoms. The summed E-state index contributed by atoms with van der Waals surface area (Å²) in [6, 6.07) is 1.68. The molecule has 1 unspecified atom stereocenters. The molecule has 0 saturated carbocycles. The number of phenols is 1. The van der Waals surface area contributed by atoms with Crippen molar-refractivity contribution < 1.29 is 14.9 Å². The average Bonchev–Trinajstić information content (AvgIpc) is 2.27. The Morgan fingerprint density at radius 2 is 2.00 bits per heavy atom. The van der Waals surface area contributed by atoms with Gasteiger partial charge in [0.05, 0.1) is 13.2 Å². The SMILES string of the molecule is CNCC(O)c1cc(OC)c(O)c(C)c1C. The molecule has 3 N–H and O–H groups in total. The van der Waals surface area contributed by atoms with Gasteiger partial charge in [0.25, 0.3) is 0 Å². The number of methoxy groups -OCH3 is 1. The third-order valence-corrected chi connectivity index (χ3v) is 2.85. The standard InChI is InChI=1S/C12H19NO3/c1-7-8(2)12(15)11(16-4)5-9(7)10(14)6-13-3/h5,10,13-15H,6H2,1-4H3. The van der Waals surface area contributed by atoms with E-state index in [1.807, 2.05) is 13.8 Å². The molecule has 1 aromatic carbocycles. The van der Waals surface area contributed by atoms with Gasteiger partial charge in [-0.05, 0) is 43.7 Å². The molecule has 0 aliphatic rings. The minimum Gasteiger partial charge on any atom is -0.504 e. The first-order valence-corrected chi connectivity index (χ1v) is 5.22. The predicted octanol–water partition coefficient (Wildman–Crippen LogP) is 1.27. The third kappa shape index (κ3) is 2.28. The van der Waals surface area contributed by atoms with Crippen LogP contribution in [0.3, 0.4) is 0 Å². The maximum Gasteiger partial charge on any atom is 0.161 e. The lowest BCUT2D eigenvalue weighted by atomic mass is 9.97. The molecule has 0 bridgehead atoms. The number of nitrogens with one attached hydrogen (secondary N) is 1. The van der Waals surface area contributed by atoms with Crippen LogP contribution < -0.4 is 10.1 Å². The van der Waals surface area contributed by atoms with Gasteiger partial charge in [-0.2, -0.15) is 0 Å². The molecule has 0 aliphatic heterocycles. The summed E-state index contributed by atoms with van der Waals surface area (Å²) in [5, 5.41) is 22.6. The molecule has 90 valence electrons. The molecule has 0 heterocycles. The molecule has 4 heteroatoms. The molecule has 0 radical (unpaired) electrons. The number of phenolic OH excluding ortho intramolecular Hbond substituents is 1. The molecule has 0 saturated heterocycles. The summed E-state index contributed by atoms with van der Waals surface area (Å²) >= 11 is 0. The van der Waals surface area contributed by atoms with E-state index in [0.717, 1.165) is 16.7 Å². The largest absolute Gasteiger partial charge is 0.504 e. The van der Waals surface area contributed by atoms with Crippen molar-refractivity contribution in [3.63, 3.8) is 0 Å². The quantitative estimate of drug-likeness (QED) is 0.722. The van der Waals surface area contributed by atoms with Crippen molar-refractivity contribution in [2.24, 2.45) is 0 Å². The number of aliphatic hydroxyl groups excluding tert-OH is 1. The lowest BCUT2D eigenvalue weighted by Gasteiger charge is -2.18. The number of hydrogen-bond acceptors (Lipinski definition) is 4. The average molecular weight is 225 g/mol. The van der Waals surface area contributed by atoms with Gasteiger partial charge < -0.3 is 20.3 Å². The van der Waals surface area contributed by atoms with Crippen LogP contribution in [-0.2, 0) is 0 Å². The monoisotopic (exact) mass is 225 g/mol. The molecular formula is C12H19NO3. The van der Waals surface area contributed by atoms with E-state index in [1.54, 1.807) is 13.1 Å². The van der Waals surface area contributed by atoms with Gasteiger partial charge in [0.2, 0.25) is 0 Å². The minimum absolute atomic E-state index is 0.139. The summed E-state index contributed by atoms with van der Waals surface area (Å²) in [6.07, 6.45) is -0.599. The van der Waals surface area contributed by atoms with E-state index in [9.17, 15) is 10.2 Å². The number of likely N-dealkylation sites (N-methyl/N-ethyl adjacent to an activating group) is 1. The molecule has 1 rings (SSSR count). The zero-order valence-corrected chi connectivity index (χ0v) is 10.2. The highest BCUT2D eigenvalue weighted by molar-refractivity contribution is 5.53. The Kier molecular flexibility index (Phi) is 4.15. The first kappa shape index (κ1) is 12.8. The van der Waals surface area contributed by atoms with Crippen molar-refractivity contribution in [2.75, 3.05) is 20.7 Å². The smallest absolute Gasteiger partial charge is 0.161 e. The van der Waals surface area contributed by atoms with Gasteiger partial charge in [-0.25, -0.2) is 0 Å². The molecule has 16 heavy (non-hydrogen) atoms. The zero-order chi connectivity index (χ0) is 12.3. The van der Waals surface area contributed by atoms with Gasteiger partial charge in [0, 0.05) is 6.54 Å². The number of benzene rings is 1. The van der Waals surface area contributed by atoms with Crippen molar-refractivity contribution in [2.45, 2.75) is 20.0 Å². The first-order valence-electron chi connectivity index (χ1n) is 5.22. The summed E-state index contributed by atoms with van der Waals surface area (Å²) in [4.78, 5) is 0. The molecule has 4 nitrogen and oxygen atoms in total. The maximum atomic E-state index is 9.94. The van der Waals surface area contributed by atoms with Crippen LogP contribution in [-0.4, -0.2) is 30.9 Å². The van der Waals surface area contributed by atoms with Crippen molar-refractivity contribution in [3.8, 4) is 11.5 Å². The van der Waals surface area contributed by atoms with E-state index in [-0.39, 0.29) is 5.75 Å². The fourth-order valence-electron chi connectivity index (χ4n) is 1.70. The summed E-state index contributed by atoms with van der Waals surface area (Å²) < 4.78 is 5.07. The van der Waals surface area contributed by atoms with E-state index in [0.29, 0.717) is 12.3 Å². The van der Waals surface area contributed by atoms with Gasteiger partial charge in [0.1, 0.15) is 0 Å². The highest BCUT2D eigenvalue weighted by Gasteiger charge is 2.17. The fourth-order valence-corrected chi connectivity index (χ4v) is 1.70. The Morgan fingerprint density at radius 3 is 2.50 bits per heavy atom. The maximum absolute atomic E-state index is 9.94. The second kappa shape index (κ2) is 5.18. The summed E-state index contributed by atoms with van der Waals surface area (Å²) in [5.74, 6) is 0.536. The van der Waals surface area contributed by atoms with E-state index in [4.69, 9.17) is 4.74 Å². The molecule has 0 aliphatic carbocycles. The Hall–Kier alpha value is -1.26. The molecule has 1 atom stereocenters. The summed E-state index contributed by atoms with van der Waals surface area (Å²) in [6.45, 7) is 4.15. The van der Waals surface area contributed by atoms with Gasteiger partial charge in [-0.15, -0.1) is 0 Å². The van der Waals surface area contributed by atoms with Crippen LogP contribution in [0.1, 0.15) is 22.8 Å². The van der Waals surface area contributed by atoms with E-state index < -0.39 is 6.10 Å². The zero-order valence-electron chi connectivity index (χ0n) is 10.2. The van der Waals surface area contributed by atoms with Gasteiger partial charge in [0.15, 0.2) is 11.5 Å². The first-order chi connectivity index (χ1) is 7.52. The Balaban J connectivity index is 3.24. The second-order valence-corrected chi connectivity index (χ2v) is 3.84. The number of rotatable bonds is 4. The van der Waals surface area contributed by atoms with E-state index >= 15 is 0 Å². The van der Waals surface area contributed by atoms with Crippen LogP contribution in [0.2, 0.25) is 0 Å². The van der Waals surface area contributed by atoms with Crippen LogP contribution in [0.4, 0.5) is 0 Å². The lowest BCUT2D eigenvalue weighted by molar-refractivity contribution is 0.176. The number of ether oxygens (including phenoxy) is 1. The van der Waals surface area contributed by atoms with Crippen LogP contribution in [0.25, 0.3) is 0 Å². The van der Waals surface area contributed by atoms with Crippen molar-refractivity contribution in [1.82, 2.24) is 5.32 Å². The van der Waals surface area contributed by atoms with E-state index in [1.165, 1.54) is 7.11 Å². The predicted molar refractivity (Wildman–Crippen MR) is 63.0 cm³/mol. The van der Waals surface area contributed by atoms with Crippen LogP contribution in [0, 0.1) is 13.8 Å². The van der Waals surface area contributed by atoms with Crippen LogP contribution >= 0.6 is 0 Å². The van der Waals surface area contributed by atoms with E-state index in [2.05, 4.69) is 5.32 Å². The summed E-state index contributed by atoms with van der Waals surface area (Å²) in [5.41, 5.74) is 2.41. The Morgan fingerprint density at radius 1 is 1.38 bits per heavy atom. The number of hydrogen-bond donors (Lipinski definition) is 3. The van der Waals surface area contributed by atoms with Gasteiger partial charge in [-0.3, -0.25) is 0 Å². The van der Waals surface area contributed by atoms with Gasteiger partial charge in [-0.1, -0.05) is 0 Å². The Bertz CT molecular complexity index is 377. The molecule has 0 fully saturated rings. The Labute approximate surface area is 95.9 Å². The molecule has 0 amide bonds. The number of aliphatic hydroxyl groups is 1. The molecule has 1 aromatic rings. The molecule has 0 aromatic heterocycles. The van der Waals surface area contributed by atoms with Crippen molar-refractivity contribution in [3.05, 3.63) is 22.8 Å². The minimum atomic E-state index is -0.599. The third-order valence-electron chi connectivity index (χ3n) is 2.85. The second-order valence-electron chi connectivity index (χ2n) is 3.84. The number of aromatic hydroxyl groups is 1. The van der Waals surface area contributed by atoms with Crippen LogP contribution in [0.5, 0.6) is 11.5 Å². The van der Waals surface area contributed by atoms with Gasteiger partial charge >= 0.3 is 0 Å². The van der Waals surface area contributed by atoms with Crippen molar-refractivity contribution in [1.29, 1.82) is 0 Å². The highest BCUT2D eigenvalue weighted by Crippen LogP contribution is 2.36. The fraction of sp³-hybridized carbons (Fsp3) is 0.500. The molecular weight excluding hydrogens is 206 g/mol. The van der Waals surface area contributed by atoms with Crippen LogP contribution in [0.15, 0.2) is 6.07 Å². The highest BCUT2D eigenvalue weighted by atomic mass is 16.5.